The molecule has 9 nitrogen and oxygen atoms in total. The quantitative estimate of drug-likeness (QED) is 0.588. The van der Waals surface area contributed by atoms with E-state index in [0.717, 1.165) is 31.2 Å². The number of nitrogens with zero attached hydrogens (tertiary/aromatic N) is 3. The number of rotatable bonds is 7. The van der Waals surface area contributed by atoms with Crippen molar-refractivity contribution in [1.82, 2.24) is 25.5 Å². The molecule has 32 heavy (non-hydrogen) atoms. The van der Waals surface area contributed by atoms with Gasteiger partial charge in [0.2, 0.25) is 5.91 Å². The number of ether oxygens (including phenoxy) is 1. The Kier molecular flexibility index (Phi) is 7.31. The van der Waals surface area contributed by atoms with Gasteiger partial charge in [0.1, 0.15) is 6.10 Å². The van der Waals surface area contributed by atoms with Crippen LogP contribution in [0.15, 0.2) is 18.5 Å². The van der Waals surface area contributed by atoms with E-state index in [1.54, 1.807) is 6.07 Å². The molecule has 0 aliphatic heterocycles. The highest BCUT2D eigenvalue weighted by Crippen LogP contribution is 2.34. The first kappa shape index (κ1) is 23.5. The summed E-state index contributed by atoms with van der Waals surface area (Å²) in [5.41, 5.74) is -0.175. The van der Waals surface area contributed by atoms with Crippen LogP contribution in [0.4, 0.5) is 23.8 Å². The molecule has 3 rings (SSSR count). The molecule has 0 bridgehead atoms. The van der Waals surface area contributed by atoms with Crippen molar-refractivity contribution in [1.29, 1.82) is 0 Å². The monoisotopic (exact) mass is 454 g/mol. The molecule has 0 spiro atoms. The van der Waals surface area contributed by atoms with Gasteiger partial charge in [0.15, 0.2) is 11.5 Å². The highest BCUT2D eigenvalue weighted by Gasteiger charge is 2.33. The minimum absolute atomic E-state index is 0.00357. The van der Waals surface area contributed by atoms with Gasteiger partial charge in [0.25, 0.3) is 0 Å². The molecule has 0 radical (unpaired) electrons. The molecule has 3 unspecified atom stereocenters. The third kappa shape index (κ3) is 6.41. The van der Waals surface area contributed by atoms with Crippen LogP contribution in [-0.4, -0.2) is 44.3 Å². The maximum absolute atomic E-state index is 12.5. The second kappa shape index (κ2) is 9.96. The highest BCUT2D eigenvalue weighted by atomic mass is 19.4. The van der Waals surface area contributed by atoms with Gasteiger partial charge in [0, 0.05) is 29.9 Å². The fourth-order valence-electron chi connectivity index (χ4n) is 3.42. The lowest BCUT2D eigenvalue weighted by molar-refractivity contribution is -0.141. The van der Waals surface area contributed by atoms with Crippen LogP contribution in [0.3, 0.4) is 0 Å². The van der Waals surface area contributed by atoms with Gasteiger partial charge in [-0.25, -0.2) is 9.78 Å². The van der Waals surface area contributed by atoms with Gasteiger partial charge in [-0.15, -0.1) is 0 Å². The van der Waals surface area contributed by atoms with Gasteiger partial charge >= 0.3 is 12.3 Å². The zero-order chi connectivity index (χ0) is 23.3. The number of alkyl carbamates (subject to hydrolysis) is 1. The van der Waals surface area contributed by atoms with Crippen LogP contribution >= 0.6 is 0 Å². The molecule has 1 aliphatic carbocycles. The van der Waals surface area contributed by atoms with Crippen LogP contribution in [0.2, 0.25) is 0 Å². The Labute approximate surface area is 182 Å². The number of anilines is 1. The van der Waals surface area contributed by atoms with E-state index in [1.807, 2.05) is 13.8 Å². The van der Waals surface area contributed by atoms with Crippen molar-refractivity contribution < 1.29 is 27.5 Å². The van der Waals surface area contributed by atoms with Gasteiger partial charge in [-0.2, -0.15) is 18.3 Å². The fraction of sp³-hybridized carbons (Fsp3) is 0.550. The van der Waals surface area contributed by atoms with Crippen molar-refractivity contribution in [2.75, 3.05) is 5.32 Å². The van der Waals surface area contributed by atoms with Crippen LogP contribution < -0.4 is 10.6 Å². The molecule has 1 aliphatic rings. The second-order valence-corrected chi connectivity index (χ2v) is 7.80. The molecule has 2 amide bonds. The van der Waals surface area contributed by atoms with E-state index in [9.17, 15) is 22.8 Å². The number of halogens is 3. The van der Waals surface area contributed by atoms with Gasteiger partial charge < -0.3 is 15.4 Å². The largest absolute Gasteiger partial charge is 0.447 e. The fourth-order valence-corrected chi connectivity index (χ4v) is 3.42. The number of H-pyrrole nitrogens is 1. The number of carbonyl (C=O) groups excluding carboxylic acids is 2. The maximum Gasteiger partial charge on any atom is 0.434 e. The van der Waals surface area contributed by atoms with Gasteiger partial charge in [-0.05, 0) is 32.6 Å². The Morgan fingerprint density at radius 3 is 2.72 bits per heavy atom. The van der Waals surface area contributed by atoms with E-state index in [0.29, 0.717) is 18.4 Å². The molecule has 12 heteroatoms. The minimum Gasteiger partial charge on any atom is -0.447 e. The number of nitrogens with one attached hydrogen (secondary N) is 3. The van der Waals surface area contributed by atoms with Gasteiger partial charge in [0.05, 0.1) is 18.3 Å². The number of aromatic amines is 1. The molecule has 2 aromatic heterocycles. The number of alkyl halides is 3. The van der Waals surface area contributed by atoms with E-state index >= 15 is 0 Å². The van der Waals surface area contributed by atoms with Crippen molar-refractivity contribution in [3.8, 4) is 0 Å². The first-order valence-electron chi connectivity index (χ1n) is 10.3. The van der Waals surface area contributed by atoms with E-state index in [4.69, 9.17) is 4.74 Å². The number of hydrogen-bond acceptors (Lipinski definition) is 6. The molecule has 1 fully saturated rings. The topological polar surface area (TPSA) is 122 Å². The minimum atomic E-state index is -4.58. The summed E-state index contributed by atoms with van der Waals surface area (Å²) in [5.74, 6) is -0.0313. The summed E-state index contributed by atoms with van der Waals surface area (Å²) in [5, 5.41) is 12.4. The van der Waals surface area contributed by atoms with E-state index in [-0.39, 0.29) is 30.2 Å². The van der Waals surface area contributed by atoms with Crippen LogP contribution in [0.1, 0.15) is 62.5 Å². The van der Waals surface area contributed by atoms with Crippen molar-refractivity contribution in [3.63, 3.8) is 0 Å². The third-order valence-electron chi connectivity index (χ3n) is 5.28. The summed E-state index contributed by atoms with van der Waals surface area (Å²) in [6.07, 6.45) is -0.758. The number of aromatic nitrogens is 4. The summed E-state index contributed by atoms with van der Waals surface area (Å²) in [4.78, 5) is 31.0. The van der Waals surface area contributed by atoms with Crippen LogP contribution in [0.25, 0.3) is 0 Å². The molecular weight excluding hydrogens is 429 g/mol. The van der Waals surface area contributed by atoms with Crippen LogP contribution in [0.5, 0.6) is 0 Å². The standard InChI is InChI=1S/C20H25F3N6O3/c1-3-11(2)32-19(31)26-13-5-4-12(6-13)15-8-17(29-28-15)27-18(30)7-14-9-25-16(10-24-14)20(21,22)23/h8-13H,3-7H2,1-2H3,(H,26,31)(H2,27,28,29,30). The normalized spacial score (nSPS) is 19.4. The Morgan fingerprint density at radius 2 is 2.06 bits per heavy atom. The Morgan fingerprint density at radius 1 is 1.28 bits per heavy atom. The summed E-state index contributed by atoms with van der Waals surface area (Å²) >= 11 is 0. The number of carbonyl (C=O) groups is 2. The number of amides is 2. The molecule has 3 atom stereocenters. The van der Waals surface area contributed by atoms with Crippen molar-refractivity contribution in [2.24, 2.45) is 0 Å². The maximum atomic E-state index is 12.5. The summed E-state index contributed by atoms with van der Waals surface area (Å²) in [7, 11) is 0. The molecule has 2 aromatic rings. The lowest BCUT2D eigenvalue weighted by atomic mass is 10.0. The first-order valence-corrected chi connectivity index (χ1v) is 10.3. The molecule has 174 valence electrons. The summed E-state index contributed by atoms with van der Waals surface area (Å²) < 4.78 is 42.8. The predicted octanol–water partition coefficient (Wildman–Crippen LogP) is 3.56. The molecule has 2 heterocycles. The van der Waals surface area contributed by atoms with E-state index in [1.165, 1.54) is 0 Å². The molecule has 0 aromatic carbocycles. The van der Waals surface area contributed by atoms with Gasteiger partial charge in [-0.3, -0.25) is 14.9 Å². The predicted molar refractivity (Wildman–Crippen MR) is 108 cm³/mol. The van der Waals surface area contributed by atoms with Crippen LogP contribution in [-0.2, 0) is 22.1 Å². The average Bonchev–Trinajstić information content (AvgIpc) is 3.37. The smallest absolute Gasteiger partial charge is 0.434 e. The Hall–Kier alpha value is -3.18. The molecule has 3 N–H and O–H groups in total. The Bertz CT molecular complexity index is 931. The summed E-state index contributed by atoms with van der Waals surface area (Å²) in [6.45, 7) is 3.77. The number of hydrogen-bond donors (Lipinski definition) is 3. The van der Waals surface area contributed by atoms with Crippen molar-refractivity contribution in [3.05, 3.63) is 35.5 Å². The molecule has 0 saturated heterocycles. The van der Waals surface area contributed by atoms with E-state index in [2.05, 4.69) is 30.8 Å². The average molecular weight is 454 g/mol. The highest BCUT2D eigenvalue weighted by molar-refractivity contribution is 5.91. The van der Waals surface area contributed by atoms with E-state index < -0.39 is 23.9 Å². The Balaban J connectivity index is 1.48. The first-order chi connectivity index (χ1) is 15.1. The zero-order valence-corrected chi connectivity index (χ0v) is 17.7. The summed E-state index contributed by atoms with van der Waals surface area (Å²) in [6, 6.07) is 1.71. The SMILES string of the molecule is CCC(C)OC(=O)NC1CCC(c2cc(NC(=O)Cc3cnc(C(F)(F)F)cn3)n[nH]2)C1. The lowest BCUT2D eigenvalue weighted by Crippen LogP contribution is -2.35. The zero-order valence-electron chi connectivity index (χ0n) is 17.7. The lowest BCUT2D eigenvalue weighted by Gasteiger charge is -2.16. The van der Waals surface area contributed by atoms with Crippen LogP contribution in [0, 0.1) is 0 Å². The van der Waals surface area contributed by atoms with Crippen molar-refractivity contribution in [2.45, 2.75) is 70.2 Å². The molecule has 1 saturated carbocycles. The third-order valence-corrected chi connectivity index (χ3v) is 5.28. The van der Waals surface area contributed by atoms with Crippen molar-refractivity contribution >= 4 is 17.8 Å². The second-order valence-electron chi connectivity index (χ2n) is 7.80. The molecular formula is C20H25F3N6O3. The van der Waals surface area contributed by atoms with Gasteiger partial charge in [-0.1, -0.05) is 6.92 Å².